The number of carbonyl (C=O) groups excluding carboxylic acids is 2. The number of benzene rings is 1. The minimum Gasteiger partial charge on any atom is -0.460 e. The van der Waals surface area contributed by atoms with Gasteiger partial charge in [0.05, 0.1) is 6.61 Å². The second-order valence-corrected chi connectivity index (χ2v) is 5.20. The summed E-state index contributed by atoms with van der Waals surface area (Å²) >= 11 is 5.96. The summed E-state index contributed by atoms with van der Waals surface area (Å²) in [5.74, 6) is -0.413. The zero-order chi connectivity index (χ0) is 15.0. The molecule has 0 fully saturated rings. The number of hydrogen-bond donors (Lipinski definition) is 0. The summed E-state index contributed by atoms with van der Waals surface area (Å²) in [7, 11) is 0. The van der Waals surface area contributed by atoms with Crippen molar-refractivity contribution >= 4 is 23.4 Å². The molecule has 0 N–H and O–H groups in total. The first kappa shape index (κ1) is 13.8. The van der Waals surface area contributed by atoms with E-state index in [1.807, 2.05) is 0 Å². The molecule has 108 valence electrons. The minimum absolute atomic E-state index is 0.0368. The fraction of sp³-hybridized carbons (Fsp3) is 0.267. The predicted molar refractivity (Wildman–Crippen MR) is 76.7 cm³/mol. The van der Waals surface area contributed by atoms with E-state index in [0.29, 0.717) is 17.0 Å². The first-order valence-corrected chi connectivity index (χ1v) is 7.02. The lowest BCUT2D eigenvalue weighted by molar-refractivity contribution is 0.0504. The van der Waals surface area contributed by atoms with Crippen LogP contribution in [-0.2, 0) is 11.2 Å². The van der Waals surface area contributed by atoms with E-state index in [9.17, 15) is 9.59 Å². The third kappa shape index (κ3) is 2.34. The first-order valence-electron chi connectivity index (χ1n) is 6.64. The predicted octanol–water partition coefficient (Wildman–Crippen LogP) is 2.69. The molecule has 0 radical (unpaired) electrons. The van der Waals surface area contributed by atoms with Crippen molar-refractivity contribution in [3.63, 3.8) is 0 Å². The van der Waals surface area contributed by atoms with E-state index < -0.39 is 12.0 Å². The molecule has 1 aromatic heterocycles. The second kappa shape index (κ2) is 5.33. The van der Waals surface area contributed by atoms with Crippen LogP contribution in [0.2, 0.25) is 5.02 Å². The lowest BCUT2D eigenvalue weighted by Gasteiger charge is -2.12. The van der Waals surface area contributed by atoms with Gasteiger partial charge in [-0.25, -0.2) is 9.78 Å². The van der Waals surface area contributed by atoms with E-state index in [0.717, 1.165) is 5.56 Å². The van der Waals surface area contributed by atoms with E-state index >= 15 is 0 Å². The quantitative estimate of drug-likeness (QED) is 0.818. The summed E-state index contributed by atoms with van der Waals surface area (Å²) in [6, 6.07) is 4.73. The first-order chi connectivity index (χ1) is 10.1. The monoisotopic (exact) mass is 304 g/mol. The van der Waals surface area contributed by atoms with Crippen molar-refractivity contribution in [2.45, 2.75) is 19.4 Å². The van der Waals surface area contributed by atoms with Crippen LogP contribution in [-0.4, -0.2) is 27.9 Å². The lowest BCUT2D eigenvalue weighted by atomic mass is 10.1. The number of hydrogen-bond acceptors (Lipinski definition) is 4. The van der Waals surface area contributed by atoms with E-state index in [1.165, 1.54) is 6.20 Å². The highest BCUT2D eigenvalue weighted by Gasteiger charge is 2.34. The Morgan fingerprint density at radius 2 is 2.33 bits per heavy atom. The number of imidazole rings is 1. The third-order valence-corrected chi connectivity index (χ3v) is 3.75. The maximum atomic E-state index is 12.5. The molecule has 1 heterocycles. The van der Waals surface area contributed by atoms with Gasteiger partial charge in [-0.1, -0.05) is 11.6 Å². The highest BCUT2D eigenvalue weighted by Crippen LogP contribution is 2.32. The average molecular weight is 305 g/mol. The number of esters is 1. The molecule has 0 bridgehead atoms. The Bertz CT molecular complexity index is 723. The summed E-state index contributed by atoms with van der Waals surface area (Å²) in [5, 5.41) is 0.596. The van der Waals surface area contributed by atoms with Crippen molar-refractivity contribution in [1.82, 2.24) is 9.55 Å². The summed E-state index contributed by atoms with van der Waals surface area (Å²) in [6.45, 7) is 1.99. The number of fused-ring (bicyclic) bond motifs is 1. The van der Waals surface area contributed by atoms with Crippen LogP contribution >= 0.6 is 11.6 Å². The number of nitrogens with zero attached hydrogens (tertiary/aromatic N) is 2. The van der Waals surface area contributed by atoms with Gasteiger partial charge < -0.3 is 9.30 Å². The number of ketones is 1. The van der Waals surface area contributed by atoms with Crippen LogP contribution in [0.3, 0.4) is 0 Å². The summed E-state index contributed by atoms with van der Waals surface area (Å²) in [4.78, 5) is 28.4. The Morgan fingerprint density at radius 3 is 3.10 bits per heavy atom. The molecule has 0 saturated carbocycles. The molecule has 1 aliphatic rings. The molecule has 0 amide bonds. The van der Waals surface area contributed by atoms with Gasteiger partial charge in [0.25, 0.3) is 0 Å². The molecule has 5 nitrogen and oxygen atoms in total. The molecule has 0 aliphatic heterocycles. The molecule has 3 rings (SSSR count). The van der Waals surface area contributed by atoms with Crippen LogP contribution in [0.4, 0.5) is 0 Å². The highest BCUT2D eigenvalue weighted by molar-refractivity contribution is 6.30. The molecule has 1 unspecified atom stereocenters. The Balaban J connectivity index is 1.96. The van der Waals surface area contributed by atoms with Gasteiger partial charge in [-0.2, -0.15) is 0 Å². The average Bonchev–Trinajstić information content (AvgIpc) is 3.04. The largest absolute Gasteiger partial charge is 0.460 e. The highest BCUT2D eigenvalue weighted by atomic mass is 35.5. The molecule has 6 heteroatoms. The third-order valence-electron chi connectivity index (χ3n) is 3.51. The van der Waals surface area contributed by atoms with Gasteiger partial charge in [0.15, 0.2) is 5.78 Å². The van der Waals surface area contributed by atoms with Crippen molar-refractivity contribution in [2.75, 3.05) is 6.61 Å². The maximum absolute atomic E-state index is 12.5. The Hall–Kier alpha value is -2.14. The fourth-order valence-corrected chi connectivity index (χ4v) is 2.79. The molecule has 2 aromatic rings. The second-order valence-electron chi connectivity index (χ2n) is 4.76. The molecule has 21 heavy (non-hydrogen) atoms. The van der Waals surface area contributed by atoms with Crippen molar-refractivity contribution in [3.8, 4) is 0 Å². The van der Waals surface area contributed by atoms with Gasteiger partial charge in [0, 0.05) is 29.4 Å². The molecule has 1 atom stereocenters. The Kier molecular flexibility index (Phi) is 3.51. The molecule has 1 aromatic carbocycles. The molecule has 0 spiro atoms. The summed E-state index contributed by atoms with van der Waals surface area (Å²) in [6.07, 6.45) is 3.62. The van der Waals surface area contributed by atoms with Crippen LogP contribution in [0.1, 0.15) is 39.5 Å². The molecule has 1 aliphatic carbocycles. The normalized spacial score (nSPS) is 16.9. The number of halogens is 1. The van der Waals surface area contributed by atoms with Crippen LogP contribution in [0.5, 0.6) is 0 Å². The van der Waals surface area contributed by atoms with E-state index in [-0.39, 0.29) is 18.2 Å². The fourth-order valence-electron chi connectivity index (χ4n) is 2.60. The number of aromatic nitrogens is 2. The number of Topliss-reactive ketones (excluding diaryl/α,β-unsaturated/α-hetero) is 1. The van der Waals surface area contributed by atoms with Crippen LogP contribution in [0, 0.1) is 0 Å². The maximum Gasteiger partial charge on any atom is 0.374 e. The van der Waals surface area contributed by atoms with Gasteiger partial charge in [0.2, 0.25) is 5.82 Å². The topological polar surface area (TPSA) is 61.2 Å². The summed E-state index contributed by atoms with van der Waals surface area (Å²) in [5.41, 5.74) is 1.54. The minimum atomic E-state index is -0.524. The van der Waals surface area contributed by atoms with Gasteiger partial charge in [-0.3, -0.25) is 4.79 Å². The van der Waals surface area contributed by atoms with E-state index in [1.54, 1.807) is 35.9 Å². The standard InChI is InChI=1S/C15H13ClN2O3/c1-2-21-15(20)14-17-5-6-18(14)12-8-9-7-10(16)3-4-11(9)13(12)19/h3-7,12H,2,8H2,1H3. The molecular weight excluding hydrogens is 292 g/mol. The van der Waals surface area contributed by atoms with Crippen molar-refractivity contribution < 1.29 is 14.3 Å². The Morgan fingerprint density at radius 1 is 1.52 bits per heavy atom. The van der Waals surface area contributed by atoms with Gasteiger partial charge in [0.1, 0.15) is 6.04 Å². The zero-order valence-electron chi connectivity index (χ0n) is 11.4. The van der Waals surface area contributed by atoms with E-state index in [4.69, 9.17) is 16.3 Å². The Labute approximate surface area is 126 Å². The van der Waals surface area contributed by atoms with Crippen molar-refractivity contribution in [2.24, 2.45) is 0 Å². The van der Waals surface area contributed by atoms with E-state index in [2.05, 4.69) is 4.98 Å². The van der Waals surface area contributed by atoms with Crippen molar-refractivity contribution in [1.29, 1.82) is 0 Å². The van der Waals surface area contributed by atoms with Crippen LogP contribution in [0.15, 0.2) is 30.6 Å². The van der Waals surface area contributed by atoms with Crippen LogP contribution in [0.25, 0.3) is 0 Å². The van der Waals surface area contributed by atoms with Gasteiger partial charge in [-0.05, 0) is 30.7 Å². The van der Waals surface area contributed by atoms with Gasteiger partial charge in [-0.15, -0.1) is 0 Å². The van der Waals surface area contributed by atoms with Crippen LogP contribution < -0.4 is 0 Å². The molecular formula is C15H13ClN2O3. The SMILES string of the molecule is CCOC(=O)c1nccn1C1Cc2cc(Cl)ccc2C1=O. The van der Waals surface area contributed by atoms with Gasteiger partial charge >= 0.3 is 5.97 Å². The smallest absolute Gasteiger partial charge is 0.374 e. The number of rotatable bonds is 3. The zero-order valence-corrected chi connectivity index (χ0v) is 12.1. The number of ether oxygens (including phenoxy) is 1. The van der Waals surface area contributed by atoms with Crippen molar-refractivity contribution in [3.05, 3.63) is 52.6 Å². The number of carbonyl (C=O) groups is 2. The summed E-state index contributed by atoms with van der Waals surface area (Å²) < 4.78 is 6.54. The molecule has 0 saturated heterocycles. The lowest BCUT2D eigenvalue weighted by Crippen LogP contribution is -2.21.